The van der Waals surface area contributed by atoms with Gasteiger partial charge in [0, 0.05) is 19.2 Å². The molecule has 0 aliphatic heterocycles. The van der Waals surface area contributed by atoms with Crippen LogP contribution in [0.1, 0.15) is 32.6 Å². The Kier molecular flexibility index (Phi) is 40.3. The summed E-state index contributed by atoms with van der Waals surface area (Å²) in [6.07, 6.45) is 4.96. The van der Waals surface area contributed by atoms with Gasteiger partial charge in [-0.05, 0) is 41.5 Å². The molecule has 0 aromatic heterocycles. The zero-order valence-corrected chi connectivity index (χ0v) is 34.8. The number of carbonyl (C=O) groups is 1. The van der Waals surface area contributed by atoms with E-state index in [1.807, 2.05) is 0 Å². The molecule has 16 heteroatoms. The van der Waals surface area contributed by atoms with E-state index in [-0.39, 0.29) is 5.91 Å². The molecule has 0 bridgehead atoms. The highest BCUT2D eigenvalue weighted by Crippen LogP contribution is 2.15. The summed E-state index contributed by atoms with van der Waals surface area (Å²) in [7, 11) is 0. The Bertz CT molecular complexity index is 905. The first-order valence-electron chi connectivity index (χ1n) is 19.2. The summed E-state index contributed by atoms with van der Waals surface area (Å²) >= 11 is 2.42. The summed E-state index contributed by atoms with van der Waals surface area (Å²) < 4.78 is 72.9. The van der Waals surface area contributed by atoms with Gasteiger partial charge in [-0.1, -0.05) is 35.4 Å². The van der Waals surface area contributed by atoms with Gasteiger partial charge in [0.05, 0.1) is 152 Å². The van der Waals surface area contributed by atoms with Gasteiger partial charge in [0.1, 0.15) is 12.4 Å². The van der Waals surface area contributed by atoms with Crippen molar-refractivity contribution in [2.24, 2.45) is 0 Å². The van der Waals surface area contributed by atoms with Gasteiger partial charge in [-0.3, -0.25) is 4.79 Å². The lowest BCUT2D eigenvalue weighted by Crippen LogP contribution is -2.15. The van der Waals surface area contributed by atoms with E-state index in [9.17, 15) is 4.79 Å². The van der Waals surface area contributed by atoms with Gasteiger partial charge < -0.3 is 66.9 Å². The molecule has 0 radical (unpaired) electrons. The van der Waals surface area contributed by atoms with Crippen molar-refractivity contribution in [2.45, 2.75) is 32.6 Å². The largest absolute Gasteiger partial charge is 0.491 e. The highest BCUT2D eigenvalue weighted by Gasteiger charge is 1.99. The van der Waals surface area contributed by atoms with Crippen molar-refractivity contribution in [2.75, 3.05) is 175 Å². The maximum absolute atomic E-state index is 11.0. The zero-order valence-electron chi connectivity index (χ0n) is 32.6. The van der Waals surface area contributed by atoms with Crippen LogP contribution < -0.4 is 10.1 Å². The van der Waals surface area contributed by atoms with Crippen LogP contribution in [-0.2, 0) is 61.6 Å². The van der Waals surface area contributed by atoms with Gasteiger partial charge in [0.25, 0.3) is 0 Å². The Morgan fingerprint density at radius 3 is 0.981 bits per heavy atom. The lowest BCUT2D eigenvalue weighted by molar-refractivity contribution is -0.114. The topological polar surface area (TPSA) is 149 Å². The van der Waals surface area contributed by atoms with Crippen molar-refractivity contribution in [3.63, 3.8) is 0 Å². The first-order valence-corrected chi connectivity index (χ1v) is 20.7. The normalized spacial score (nSPS) is 11.4. The van der Waals surface area contributed by atoms with E-state index in [1.54, 1.807) is 24.3 Å². The molecule has 316 valence electrons. The van der Waals surface area contributed by atoms with Crippen molar-refractivity contribution in [1.29, 1.82) is 0 Å². The van der Waals surface area contributed by atoms with E-state index >= 15 is 0 Å². The minimum absolute atomic E-state index is 0.108. The van der Waals surface area contributed by atoms with E-state index in [1.165, 1.54) is 30.6 Å². The van der Waals surface area contributed by atoms with Crippen LogP contribution in [0, 0.1) is 0 Å². The fourth-order valence-electron chi connectivity index (χ4n) is 4.23. The average Bonchev–Trinajstić information content (AvgIpc) is 3.17. The van der Waals surface area contributed by atoms with Gasteiger partial charge in [0.15, 0.2) is 0 Å². The number of nitrogens with one attached hydrogen (secondary N) is 1. The molecule has 0 spiro atoms. The molecule has 54 heavy (non-hydrogen) atoms. The van der Waals surface area contributed by atoms with E-state index in [2.05, 4.69) is 27.9 Å². The molecule has 0 aliphatic carbocycles. The number of alkyl halides is 1. The molecule has 1 aromatic carbocycles. The molecule has 1 rings (SSSR count). The molecule has 0 fully saturated rings. The number of amides is 1. The summed E-state index contributed by atoms with van der Waals surface area (Å²) in [6.45, 7) is 14.6. The molecule has 0 aliphatic rings. The maximum atomic E-state index is 11.0. The molecular formula is C38H68INO14. The van der Waals surface area contributed by atoms with Crippen LogP contribution in [0.3, 0.4) is 0 Å². The Morgan fingerprint density at radius 1 is 0.407 bits per heavy atom. The van der Waals surface area contributed by atoms with E-state index in [0.717, 1.165) is 18.7 Å². The Hall–Kier alpha value is -1.26. The lowest BCUT2D eigenvalue weighted by Gasteiger charge is -2.09. The molecule has 15 nitrogen and oxygen atoms in total. The van der Waals surface area contributed by atoms with E-state index in [0.29, 0.717) is 164 Å². The van der Waals surface area contributed by atoms with Gasteiger partial charge in [-0.25, -0.2) is 0 Å². The van der Waals surface area contributed by atoms with Gasteiger partial charge in [0.2, 0.25) is 5.91 Å². The first kappa shape index (κ1) is 50.8. The second-order valence-electron chi connectivity index (χ2n) is 11.5. The molecule has 0 unspecified atom stereocenters. The third kappa shape index (κ3) is 39.0. The quantitative estimate of drug-likeness (QED) is 0.0567. The van der Waals surface area contributed by atoms with E-state index < -0.39 is 0 Å². The van der Waals surface area contributed by atoms with Crippen molar-refractivity contribution in [3.05, 3.63) is 24.3 Å². The molecule has 0 heterocycles. The van der Waals surface area contributed by atoms with E-state index in [4.69, 9.17) is 61.6 Å². The zero-order chi connectivity index (χ0) is 38.7. The molecular weight excluding hydrogens is 821 g/mol. The number of hydrogen-bond acceptors (Lipinski definition) is 14. The number of anilines is 1. The molecule has 0 saturated heterocycles. The number of rotatable bonds is 44. The number of benzene rings is 1. The number of ether oxygens (including phenoxy) is 13. The third-order valence-electron chi connectivity index (χ3n) is 6.94. The fraction of sp³-hybridized carbons (Fsp3) is 0.816. The van der Waals surface area contributed by atoms with Crippen LogP contribution in [0.2, 0.25) is 0 Å². The minimum atomic E-state index is -0.108. The Balaban J connectivity index is 1.63. The van der Waals surface area contributed by atoms with Crippen molar-refractivity contribution >= 4 is 34.2 Å². The highest BCUT2D eigenvalue weighted by molar-refractivity contribution is 14.1. The van der Waals surface area contributed by atoms with Crippen LogP contribution in [-0.4, -0.2) is 176 Å². The van der Waals surface area contributed by atoms with Crippen LogP contribution in [0.4, 0.5) is 5.69 Å². The SMILES string of the molecule is CC(=O)Nc1ccc(OCCOCCOCCOCCOCCOCCOCCOCCOCCOCCOCCOCCOCCCCCCI)cc1. The maximum Gasteiger partial charge on any atom is 0.221 e. The Morgan fingerprint density at radius 2 is 0.685 bits per heavy atom. The third-order valence-corrected chi connectivity index (χ3v) is 7.70. The fourth-order valence-corrected chi connectivity index (χ4v) is 4.77. The van der Waals surface area contributed by atoms with Gasteiger partial charge >= 0.3 is 0 Å². The molecule has 1 amide bonds. The van der Waals surface area contributed by atoms with Gasteiger partial charge in [-0.15, -0.1) is 0 Å². The number of halogens is 1. The lowest BCUT2D eigenvalue weighted by atomic mass is 10.2. The van der Waals surface area contributed by atoms with Gasteiger partial charge in [-0.2, -0.15) is 0 Å². The smallest absolute Gasteiger partial charge is 0.221 e. The monoisotopic (exact) mass is 889 g/mol. The van der Waals surface area contributed by atoms with Crippen LogP contribution >= 0.6 is 22.6 Å². The first-order chi connectivity index (χ1) is 26.7. The second kappa shape index (κ2) is 42.9. The second-order valence-corrected chi connectivity index (χ2v) is 12.6. The summed E-state index contributed by atoms with van der Waals surface area (Å²) in [5, 5.41) is 2.71. The van der Waals surface area contributed by atoms with Crippen molar-refractivity contribution in [1.82, 2.24) is 0 Å². The molecule has 1 aromatic rings. The van der Waals surface area contributed by atoms with Crippen molar-refractivity contribution < 1.29 is 66.4 Å². The van der Waals surface area contributed by atoms with Crippen LogP contribution in [0.5, 0.6) is 5.75 Å². The predicted molar refractivity (Wildman–Crippen MR) is 213 cm³/mol. The number of carbonyl (C=O) groups excluding carboxylic acids is 1. The average molecular weight is 890 g/mol. The standard InChI is InChI=1S/C38H68INO14/c1-36(41)40-37-6-8-38(9-7-37)54-35-34-53-33-32-52-31-30-51-29-28-50-27-26-49-25-24-48-23-22-47-21-20-46-19-18-45-17-16-44-15-14-43-13-12-42-11-5-3-2-4-10-39/h6-9H,2-5,10-35H2,1H3,(H,40,41). The van der Waals surface area contributed by atoms with Crippen LogP contribution in [0.25, 0.3) is 0 Å². The summed E-state index contributed by atoms with van der Waals surface area (Å²) in [5.41, 5.74) is 0.731. The number of unbranched alkanes of at least 4 members (excludes halogenated alkanes) is 3. The summed E-state index contributed by atoms with van der Waals surface area (Å²) in [5.74, 6) is 0.608. The Labute approximate surface area is 337 Å². The summed E-state index contributed by atoms with van der Waals surface area (Å²) in [6, 6.07) is 7.18. The molecule has 0 atom stereocenters. The predicted octanol–water partition coefficient (Wildman–Crippen LogP) is 4.22. The molecule has 1 N–H and O–H groups in total. The van der Waals surface area contributed by atoms with Crippen LogP contribution in [0.15, 0.2) is 24.3 Å². The molecule has 0 saturated carbocycles. The van der Waals surface area contributed by atoms with Crippen molar-refractivity contribution in [3.8, 4) is 5.75 Å². The highest BCUT2D eigenvalue weighted by atomic mass is 127. The number of hydrogen-bond donors (Lipinski definition) is 1. The minimum Gasteiger partial charge on any atom is -0.491 e. The summed E-state index contributed by atoms with van der Waals surface area (Å²) in [4.78, 5) is 11.0.